The van der Waals surface area contributed by atoms with Gasteiger partial charge in [-0.15, -0.1) is 0 Å². The van der Waals surface area contributed by atoms with Crippen molar-refractivity contribution in [2.45, 2.75) is 45.9 Å². The van der Waals surface area contributed by atoms with Crippen LogP contribution in [0.3, 0.4) is 0 Å². The van der Waals surface area contributed by atoms with Crippen LogP contribution in [0.25, 0.3) is 17.1 Å². The summed E-state index contributed by atoms with van der Waals surface area (Å²) in [4.78, 5) is 19.2. The number of methoxy groups -OCH3 is 1. The highest BCUT2D eigenvalue weighted by Crippen LogP contribution is 2.35. The zero-order valence-electron chi connectivity index (χ0n) is 25.4. The molecule has 1 fully saturated rings. The molecule has 2 aromatic carbocycles. The Bertz CT molecular complexity index is 1640. The van der Waals surface area contributed by atoms with Gasteiger partial charge in [0.05, 0.1) is 25.1 Å². The highest BCUT2D eigenvalue weighted by molar-refractivity contribution is 5.90. The lowest BCUT2D eigenvalue weighted by Gasteiger charge is -2.34. The Morgan fingerprint density at radius 2 is 1.95 bits per heavy atom. The molecule has 1 atom stereocenters. The van der Waals surface area contributed by atoms with Gasteiger partial charge in [0.25, 0.3) is 0 Å². The molecule has 2 aliphatic heterocycles. The summed E-state index contributed by atoms with van der Waals surface area (Å²) in [6.45, 7) is 8.88. The third-order valence-electron chi connectivity index (χ3n) is 8.55. The second-order valence-corrected chi connectivity index (χ2v) is 11.3. The number of pyridine rings is 1. The molecule has 0 spiro atoms. The van der Waals surface area contributed by atoms with Gasteiger partial charge < -0.3 is 24.1 Å². The fourth-order valence-corrected chi connectivity index (χ4v) is 6.08. The number of rotatable bonds is 11. The molecular weight excluding hydrogens is 560 g/mol. The number of aromatic nitrogens is 3. The Morgan fingerprint density at radius 1 is 1.09 bits per heavy atom. The van der Waals surface area contributed by atoms with Crippen molar-refractivity contribution in [1.29, 1.82) is 0 Å². The maximum absolute atomic E-state index is 11.8. The average Bonchev–Trinajstić information content (AvgIpc) is 3.72. The molecule has 6 rings (SSSR count). The summed E-state index contributed by atoms with van der Waals surface area (Å²) in [5.74, 6) is 0.151. The Balaban J connectivity index is 1.24. The average molecular weight is 599 g/mol. The monoisotopic (exact) mass is 598 g/mol. The van der Waals surface area contributed by atoms with Crippen molar-refractivity contribution in [2.75, 3.05) is 40.1 Å². The minimum absolute atomic E-state index is 0.0476. The van der Waals surface area contributed by atoms with E-state index in [1.807, 2.05) is 37.3 Å². The zero-order chi connectivity index (χ0) is 30.6. The number of para-hydroxylation sites is 1. The first kappa shape index (κ1) is 29.8. The van der Waals surface area contributed by atoms with Gasteiger partial charge in [-0.05, 0) is 72.7 Å². The molecule has 1 unspecified atom stereocenters. The number of carboxylic acid groups (broad SMARTS) is 1. The summed E-state index contributed by atoms with van der Waals surface area (Å²) in [6, 6.07) is 16.5. The van der Waals surface area contributed by atoms with E-state index >= 15 is 0 Å². The summed E-state index contributed by atoms with van der Waals surface area (Å²) in [6.07, 6.45) is 3.42. The Labute approximate surface area is 257 Å². The van der Waals surface area contributed by atoms with E-state index in [0.717, 1.165) is 56.0 Å². The molecule has 10 heteroatoms. The fourth-order valence-electron chi connectivity index (χ4n) is 6.08. The number of hydrogen-bond acceptors (Lipinski definition) is 8. The van der Waals surface area contributed by atoms with E-state index in [1.54, 1.807) is 13.2 Å². The molecule has 4 heterocycles. The van der Waals surface area contributed by atoms with Crippen molar-refractivity contribution in [3.63, 3.8) is 0 Å². The van der Waals surface area contributed by atoms with Crippen LogP contribution in [0.15, 0.2) is 54.7 Å². The maximum atomic E-state index is 11.8. The summed E-state index contributed by atoms with van der Waals surface area (Å²) in [7, 11) is 1.55. The molecule has 1 saturated heterocycles. The molecule has 44 heavy (non-hydrogen) atoms. The van der Waals surface area contributed by atoms with Gasteiger partial charge in [0.2, 0.25) is 5.88 Å². The number of carbonyl (C=O) groups is 1. The van der Waals surface area contributed by atoms with E-state index < -0.39 is 5.97 Å². The van der Waals surface area contributed by atoms with E-state index in [9.17, 15) is 9.90 Å². The molecule has 230 valence electrons. The number of aryl methyl sites for hydroxylation is 1. The van der Waals surface area contributed by atoms with Gasteiger partial charge in [-0.2, -0.15) is 9.78 Å². The lowest BCUT2D eigenvalue weighted by Crippen LogP contribution is -2.39. The predicted molar refractivity (Wildman–Crippen MR) is 165 cm³/mol. The standard InChI is InChI=1S/C34H38N4O6/c1-22-6-4-7-28(30-8-5-9-31(36-30)38-33(43-17-16-41-3)29(18-35-38)34(39)40)32(22)44-20-25-11-10-24-19-37(26-13-15-42-21-26)14-12-27(24)23(25)2/h4-11,18,26H,12-17,19-21H2,1-3H3,(H,39,40). The zero-order valence-corrected chi connectivity index (χ0v) is 25.4. The van der Waals surface area contributed by atoms with E-state index in [1.165, 1.54) is 33.1 Å². The number of hydrogen-bond donors (Lipinski definition) is 1. The normalized spacial score (nSPS) is 16.6. The number of benzene rings is 2. The first-order chi connectivity index (χ1) is 21.4. The summed E-state index contributed by atoms with van der Waals surface area (Å²) >= 11 is 0. The van der Waals surface area contributed by atoms with E-state index in [-0.39, 0.29) is 18.1 Å². The van der Waals surface area contributed by atoms with Gasteiger partial charge >= 0.3 is 5.97 Å². The van der Waals surface area contributed by atoms with E-state index in [4.69, 9.17) is 23.9 Å². The van der Waals surface area contributed by atoms with Crippen molar-refractivity contribution >= 4 is 5.97 Å². The van der Waals surface area contributed by atoms with Crippen LogP contribution in [0.4, 0.5) is 0 Å². The Kier molecular flexibility index (Phi) is 8.92. The summed E-state index contributed by atoms with van der Waals surface area (Å²) in [5, 5.41) is 13.9. The van der Waals surface area contributed by atoms with Crippen molar-refractivity contribution in [1.82, 2.24) is 19.7 Å². The third kappa shape index (κ3) is 6.06. The molecule has 0 amide bonds. The Hall–Kier alpha value is -4.25. The quantitative estimate of drug-likeness (QED) is 0.239. The first-order valence-electron chi connectivity index (χ1n) is 15.0. The molecular formula is C34H38N4O6. The van der Waals surface area contributed by atoms with Crippen LogP contribution >= 0.6 is 0 Å². The topological polar surface area (TPSA) is 108 Å². The molecule has 2 aromatic heterocycles. The van der Waals surface area contributed by atoms with Crippen LogP contribution in [0.1, 0.15) is 44.6 Å². The molecule has 2 aliphatic rings. The van der Waals surface area contributed by atoms with Crippen molar-refractivity contribution < 1.29 is 28.8 Å². The molecule has 4 aromatic rings. The van der Waals surface area contributed by atoms with E-state index in [0.29, 0.717) is 30.8 Å². The number of carboxylic acids is 1. The van der Waals surface area contributed by atoms with Gasteiger partial charge in [0.15, 0.2) is 5.82 Å². The predicted octanol–water partition coefficient (Wildman–Crippen LogP) is 5.00. The number of fused-ring (bicyclic) bond motifs is 1. The van der Waals surface area contributed by atoms with Gasteiger partial charge in [0.1, 0.15) is 24.5 Å². The van der Waals surface area contributed by atoms with Crippen LogP contribution in [0.2, 0.25) is 0 Å². The number of aromatic carboxylic acids is 1. The lowest BCUT2D eigenvalue weighted by atomic mass is 9.91. The van der Waals surface area contributed by atoms with Crippen LogP contribution in [0.5, 0.6) is 11.6 Å². The van der Waals surface area contributed by atoms with Crippen LogP contribution in [-0.4, -0.2) is 76.9 Å². The van der Waals surface area contributed by atoms with Gasteiger partial charge in [-0.25, -0.2) is 9.78 Å². The van der Waals surface area contributed by atoms with Gasteiger partial charge in [-0.1, -0.05) is 30.3 Å². The fraction of sp³-hybridized carbons (Fsp3) is 0.382. The third-order valence-corrected chi connectivity index (χ3v) is 8.55. The lowest BCUT2D eigenvalue weighted by molar-refractivity contribution is 0.0689. The van der Waals surface area contributed by atoms with E-state index in [2.05, 4.69) is 29.1 Å². The highest BCUT2D eigenvalue weighted by Gasteiger charge is 2.28. The van der Waals surface area contributed by atoms with Crippen LogP contribution < -0.4 is 9.47 Å². The van der Waals surface area contributed by atoms with Gasteiger partial charge in [0, 0.05) is 38.4 Å². The second-order valence-electron chi connectivity index (χ2n) is 11.3. The van der Waals surface area contributed by atoms with Crippen LogP contribution in [0, 0.1) is 13.8 Å². The van der Waals surface area contributed by atoms with Crippen molar-refractivity contribution in [3.8, 4) is 28.7 Å². The molecule has 1 N–H and O–H groups in total. The largest absolute Gasteiger partial charge is 0.488 e. The molecule has 10 nitrogen and oxygen atoms in total. The van der Waals surface area contributed by atoms with Crippen molar-refractivity contribution in [3.05, 3.63) is 88.1 Å². The molecule has 0 bridgehead atoms. The molecule has 0 aliphatic carbocycles. The first-order valence-corrected chi connectivity index (χ1v) is 15.0. The maximum Gasteiger partial charge on any atom is 0.342 e. The Morgan fingerprint density at radius 3 is 2.75 bits per heavy atom. The SMILES string of the molecule is COCCOc1c(C(=O)O)cnn1-c1cccc(-c2cccc(C)c2OCc2ccc3c(c2C)CCN(C2CCOC2)C3)n1. The molecule has 0 radical (unpaired) electrons. The summed E-state index contributed by atoms with van der Waals surface area (Å²) in [5.41, 5.74) is 7.77. The molecule has 0 saturated carbocycles. The minimum atomic E-state index is -1.13. The number of ether oxygens (including phenoxy) is 4. The summed E-state index contributed by atoms with van der Waals surface area (Å²) < 4.78 is 24.4. The second kappa shape index (κ2) is 13.2. The highest BCUT2D eigenvalue weighted by atomic mass is 16.5. The van der Waals surface area contributed by atoms with Crippen LogP contribution in [-0.2, 0) is 29.0 Å². The number of nitrogens with zero attached hydrogens (tertiary/aromatic N) is 4. The smallest absolute Gasteiger partial charge is 0.342 e. The van der Waals surface area contributed by atoms with Crippen molar-refractivity contribution in [2.24, 2.45) is 0 Å². The van der Waals surface area contributed by atoms with Gasteiger partial charge in [-0.3, -0.25) is 4.90 Å². The minimum Gasteiger partial charge on any atom is -0.488 e.